The number of aryl methyl sites for hydroxylation is 3. The highest BCUT2D eigenvalue weighted by Gasteiger charge is 2.18. The Morgan fingerprint density at radius 2 is 1.74 bits per heavy atom. The molecule has 2 aromatic carbocycles. The van der Waals surface area contributed by atoms with Crippen LogP contribution in [0, 0.1) is 13.8 Å². The number of hydrogen-bond donors (Lipinski definition) is 1. The van der Waals surface area contributed by atoms with E-state index in [4.69, 9.17) is 0 Å². The highest BCUT2D eigenvalue weighted by Crippen LogP contribution is 2.18. The van der Waals surface area contributed by atoms with Crippen molar-refractivity contribution in [3.8, 4) is 5.69 Å². The van der Waals surface area contributed by atoms with Crippen LogP contribution < -0.4 is 16.6 Å². The summed E-state index contributed by atoms with van der Waals surface area (Å²) in [6.45, 7) is 5.78. The van der Waals surface area contributed by atoms with Crippen molar-refractivity contribution in [3.05, 3.63) is 91.4 Å². The van der Waals surface area contributed by atoms with Crippen LogP contribution in [0.2, 0.25) is 0 Å². The number of fused-ring (bicyclic) bond motifs is 1. The van der Waals surface area contributed by atoms with E-state index in [9.17, 15) is 14.4 Å². The normalized spacial score (nSPS) is 11.1. The van der Waals surface area contributed by atoms with Gasteiger partial charge in [0.15, 0.2) is 0 Å². The molecule has 1 amide bonds. The number of carbonyl (C=O) groups is 1. The number of anilines is 1. The van der Waals surface area contributed by atoms with Crippen LogP contribution in [0.25, 0.3) is 15.9 Å². The van der Waals surface area contributed by atoms with Crippen molar-refractivity contribution >= 4 is 33.1 Å². The van der Waals surface area contributed by atoms with Gasteiger partial charge in [-0.25, -0.2) is 9.36 Å². The second kappa shape index (κ2) is 8.35. The Morgan fingerprint density at radius 3 is 2.42 bits per heavy atom. The highest BCUT2D eigenvalue weighted by molar-refractivity contribution is 7.17. The van der Waals surface area contributed by atoms with Crippen LogP contribution in [0.4, 0.5) is 5.69 Å². The molecule has 0 radical (unpaired) electrons. The first kappa shape index (κ1) is 20.8. The Balaban J connectivity index is 1.76. The lowest BCUT2D eigenvalue weighted by Crippen LogP contribution is -2.40. The molecule has 2 aromatic heterocycles. The van der Waals surface area contributed by atoms with E-state index in [1.165, 1.54) is 21.5 Å². The molecular weight excluding hydrogens is 410 g/mol. The van der Waals surface area contributed by atoms with Gasteiger partial charge in [0, 0.05) is 5.69 Å². The zero-order valence-corrected chi connectivity index (χ0v) is 18.5. The Morgan fingerprint density at radius 1 is 1.00 bits per heavy atom. The second-order valence-electron chi connectivity index (χ2n) is 7.51. The molecule has 31 heavy (non-hydrogen) atoms. The quantitative estimate of drug-likeness (QED) is 0.516. The van der Waals surface area contributed by atoms with Crippen molar-refractivity contribution in [3.63, 3.8) is 0 Å². The fourth-order valence-electron chi connectivity index (χ4n) is 3.50. The molecule has 4 aromatic rings. The highest BCUT2D eigenvalue weighted by atomic mass is 32.1. The molecular formula is C24H23N3O3S. The van der Waals surface area contributed by atoms with Crippen LogP contribution >= 0.6 is 11.3 Å². The molecule has 158 valence electrons. The van der Waals surface area contributed by atoms with Gasteiger partial charge >= 0.3 is 5.69 Å². The van der Waals surface area contributed by atoms with Gasteiger partial charge in [-0.05, 0) is 72.7 Å². The number of nitrogens with zero attached hydrogens (tertiary/aromatic N) is 2. The molecule has 0 aliphatic carbocycles. The maximum atomic E-state index is 13.3. The molecule has 4 rings (SSSR count). The van der Waals surface area contributed by atoms with Gasteiger partial charge in [-0.2, -0.15) is 0 Å². The minimum absolute atomic E-state index is 0.188. The van der Waals surface area contributed by atoms with E-state index in [0.29, 0.717) is 21.6 Å². The van der Waals surface area contributed by atoms with Crippen molar-refractivity contribution in [2.75, 3.05) is 5.32 Å². The lowest BCUT2D eigenvalue weighted by molar-refractivity contribution is -0.116. The first-order valence-electron chi connectivity index (χ1n) is 10.1. The van der Waals surface area contributed by atoms with Crippen LogP contribution in [-0.2, 0) is 17.8 Å². The van der Waals surface area contributed by atoms with Crippen LogP contribution in [0.15, 0.2) is 63.5 Å². The molecule has 1 N–H and O–H groups in total. The fourth-order valence-corrected chi connectivity index (χ4v) is 4.32. The summed E-state index contributed by atoms with van der Waals surface area (Å²) in [5.74, 6) is -0.330. The summed E-state index contributed by atoms with van der Waals surface area (Å²) in [4.78, 5) is 39.1. The number of aromatic nitrogens is 2. The van der Waals surface area contributed by atoms with Crippen molar-refractivity contribution in [2.24, 2.45) is 0 Å². The van der Waals surface area contributed by atoms with Crippen LogP contribution in [0.3, 0.4) is 0 Å². The van der Waals surface area contributed by atoms with Crippen molar-refractivity contribution in [1.82, 2.24) is 9.13 Å². The molecule has 0 unspecified atom stereocenters. The first-order valence-corrected chi connectivity index (χ1v) is 11.0. The minimum Gasteiger partial charge on any atom is -0.325 e. The average molecular weight is 434 g/mol. The van der Waals surface area contributed by atoms with Gasteiger partial charge in [0.1, 0.15) is 11.2 Å². The maximum Gasteiger partial charge on any atom is 0.336 e. The number of hydrogen-bond acceptors (Lipinski definition) is 4. The largest absolute Gasteiger partial charge is 0.336 e. The molecule has 0 bridgehead atoms. The van der Waals surface area contributed by atoms with E-state index in [-0.39, 0.29) is 18.0 Å². The lowest BCUT2D eigenvalue weighted by atomic mass is 10.1. The zero-order chi connectivity index (χ0) is 22.1. The van der Waals surface area contributed by atoms with E-state index in [1.54, 1.807) is 17.5 Å². The van der Waals surface area contributed by atoms with Gasteiger partial charge < -0.3 is 5.32 Å². The summed E-state index contributed by atoms with van der Waals surface area (Å²) in [7, 11) is 0. The summed E-state index contributed by atoms with van der Waals surface area (Å²) in [6.07, 6.45) is 0.916. The Bertz CT molecular complexity index is 1390. The smallest absolute Gasteiger partial charge is 0.325 e. The van der Waals surface area contributed by atoms with Crippen molar-refractivity contribution in [1.29, 1.82) is 0 Å². The Labute approximate surface area is 183 Å². The molecule has 6 nitrogen and oxygen atoms in total. The number of nitrogens with one attached hydrogen (secondary N) is 1. The van der Waals surface area contributed by atoms with Gasteiger partial charge in [-0.1, -0.05) is 25.1 Å². The maximum absolute atomic E-state index is 13.3. The van der Waals surface area contributed by atoms with Gasteiger partial charge in [-0.3, -0.25) is 14.2 Å². The third kappa shape index (κ3) is 3.96. The van der Waals surface area contributed by atoms with Crippen molar-refractivity contribution in [2.45, 2.75) is 33.7 Å². The molecule has 0 aliphatic heterocycles. The number of amides is 1. The minimum atomic E-state index is -0.532. The summed E-state index contributed by atoms with van der Waals surface area (Å²) in [5.41, 5.74) is 3.96. The summed E-state index contributed by atoms with van der Waals surface area (Å²) >= 11 is 1.26. The average Bonchev–Trinajstić information content (AvgIpc) is 3.24. The SMILES string of the molecule is CCc1ccc(NC(=O)Cn2c(=O)n(-c3ccc(C)c(C)c3)c(=O)c3sccc32)cc1. The van der Waals surface area contributed by atoms with E-state index >= 15 is 0 Å². The van der Waals surface area contributed by atoms with Crippen LogP contribution in [-0.4, -0.2) is 15.0 Å². The number of benzene rings is 2. The number of rotatable bonds is 5. The summed E-state index contributed by atoms with van der Waals surface area (Å²) < 4.78 is 2.95. The molecule has 7 heteroatoms. The summed E-state index contributed by atoms with van der Waals surface area (Å²) in [5, 5.41) is 4.59. The van der Waals surface area contributed by atoms with E-state index in [2.05, 4.69) is 12.2 Å². The van der Waals surface area contributed by atoms with E-state index < -0.39 is 5.69 Å². The zero-order valence-electron chi connectivity index (χ0n) is 17.6. The van der Waals surface area contributed by atoms with Gasteiger partial charge in [0.25, 0.3) is 5.56 Å². The van der Waals surface area contributed by atoms with E-state index in [1.807, 2.05) is 50.2 Å². The van der Waals surface area contributed by atoms with Gasteiger partial charge in [0.2, 0.25) is 5.91 Å². The third-order valence-electron chi connectivity index (χ3n) is 5.45. The molecule has 0 saturated carbocycles. The molecule has 0 saturated heterocycles. The van der Waals surface area contributed by atoms with Gasteiger partial charge in [-0.15, -0.1) is 11.3 Å². The third-order valence-corrected chi connectivity index (χ3v) is 6.34. The van der Waals surface area contributed by atoms with Gasteiger partial charge in [0.05, 0.1) is 11.2 Å². The topological polar surface area (TPSA) is 73.1 Å². The summed E-state index contributed by atoms with van der Waals surface area (Å²) in [6, 6.07) is 14.8. The number of thiophene rings is 1. The monoisotopic (exact) mass is 433 g/mol. The van der Waals surface area contributed by atoms with Crippen LogP contribution in [0.5, 0.6) is 0 Å². The van der Waals surface area contributed by atoms with Crippen molar-refractivity contribution < 1.29 is 4.79 Å². The standard InChI is InChI=1S/C24H23N3O3S/c1-4-17-6-8-18(9-7-17)25-21(28)14-26-20-11-12-31-22(20)23(29)27(24(26)30)19-10-5-15(2)16(3)13-19/h5-13H,4,14H2,1-3H3,(H,25,28). The lowest BCUT2D eigenvalue weighted by Gasteiger charge is -2.13. The van der Waals surface area contributed by atoms with E-state index in [0.717, 1.165) is 22.1 Å². The molecule has 0 spiro atoms. The fraction of sp³-hybridized carbons (Fsp3) is 0.208. The molecule has 2 heterocycles. The Kier molecular flexibility index (Phi) is 5.61. The second-order valence-corrected chi connectivity index (χ2v) is 8.43. The predicted octanol–water partition coefficient (Wildman–Crippen LogP) is 4.03. The molecule has 0 fully saturated rings. The number of carbonyl (C=O) groups excluding carboxylic acids is 1. The Hall–Kier alpha value is -3.45. The van der Waals surface area contributed by atoms with Crippen LogP contribution in [0.1, 0.15) is 23.6 Å². The molecule has 0 aliphatic rings. The predicted molar refractivity (Wildman–Crippen MR) is 126 cm³/mol. The molecule has 0 atom stereocenters. The first-order chi connectivity index (χ1) is 14.9.